The quantitative estimate of drug-likeness (QED) is 0.711. The third kappa shape index (κ3) is 2.67. The topological polar surface area (TPSA) is 54.5 Å². The molecule has 3 aromatic heterocycles. The lowest BCUT2D eigenvalue weighted by Crippen LogP contribution is -2.47. The third-order valence-corrected chi connectivity index (χ3v) is 4.14. The average Bonchev–Trinajstić information content (AvgIpc) is 3.24. The van der Waals surface area contributed by atoms with Gasteiger partial charge in [-0.3, -0.25) is 9.58 Å². The van der Waals surface area contributed by atoms with Crippen LogP contribution in [-0.4, -0.2) is 62.0 Å². The molecule has 4 heterocycles. The third-order valence-electron chi connectivity index (χ3n) is 4.14. The van der Waals surface area contributed by atoms with Crippen LogP contribution in [0.1, 0.15) is 0 Å². The molecule has 22 heavy (non-hydrogen) atoms. The number of fused-ring (bicyclic) bond motifs is 1. The molecule has 0 aliphatic carbocycles. The van der Waals surface area contributed by atoms with Crippen molar-refractivity contribution in [1.82, 2.24) is 29.3 Å². The van der Waals surface area contributed by atoms with Crippen LogP contribution in [0.3, 0.4) is 0 Å². The zero-order chi connectivity index (χ0) is 14.8. The number of piperazine rings is 1. The van der Waals surface area contributed by atoms with Gasteiger partial charge in [-0.25, -0.2) is 9.50 Å². The van der Waals surface area contributed by atoms with Gasteiger partial charge in [-0.2, -0.15) is 5.10 Å². The first-order chi connectivity index (χ1) is 10.9. The van der Waals surface area contributed by atoms with Crippen LogP contribution < -0.4 is 4.90 Å². The van der Waals surface area contributed by atoms with Gasteiger partial charge in [0.2, 0.25) is 0 Å². The van der Waals surface area contributed by atoms with E-state index in [0.717, 1.165) is 50.7 Å². The van der Waals surface area contributed by atoms with Crippen LogP contribution in [0.5, 0.6) is 0 Å². The summed E-state index contributed by atoms with van der Waals surface area (Å²) in [7, 11) is 0. The Hall–Kier alpha value is -2.41. The van der Waals surface area contributed by atoms with Crippen molar-refractivity contribution in [2.75, 3.05) is 37.6 Å². The second kappa shape index (κ2) is 5.76. The van der Waals surface area contributed by atoms with E-state index in [1.54, 1.807) is 6.20 Å². The van der Waals surface area contributed by atoms with E-state index >= 15 is 0 Å². The summed E-state index contributed by atoms with van der Waals surface area (Å²) in [6.45, 7) is 6.13. The van der Waals surface area contributed by atoms with Crippen LogP contribution in [0.15, 0.2) is 43.0 Å². The molecule has 0 amide bonds. The summed E-state index contributed by atoms with van der Waals surface area (Å²) in [6.07, 6.45) is 7.51. The van der Waals surface area contributed by atoms with Crippen LogP contribution in [0.2, 0.25) is 0 Å². The summed E-state index contributed by atoms with van der Waals surface area (Å²) in [5.41, 5.74) is 0.890. The summed E-state index contributed by atoms with van der Waals surface area (Å²) in [5, 5.41) is 8.87. The molecule has 1 fully saturated rings. The number of aromatic nitrogens is 5. The minimum Gasteiger partial charge on any atom is -0.353 e. The molecule has 0 radical (unpaired) electrons. The highest BCUT2D eigenvalue weighted by Gasteiger charge is 2.18. The Kier molecular flexibility index (Phi) is 3.48. The molecule has 0 atom stereocenters. The predicted molar refractivity (Wildman–Crippen MR) is 83.9 cm³/mol. The zero-order valence-electron chi connectivity index (χ0n) is 12.4. The van der Waals surface area contributed by atoms with Crippen LogP contribution >= 0.6 is 0 Å². The number of anilines is 1. The Morgan fingerprint density at radius 3 is 2.68 bits per heavy atom. The lowest BCUT2D eigenvalue weighted by Gasteiger charge is -2.35. The van der Waals surface area contributed by atoms with E-state index in [1.165, 1.54) is 0 Å². The fourth-order valence-corrected chi connectivity index (χ4v) is 2.85. The zero-order valence-corrected chi connectivity index (χ0v) is 12.4. The van der Waals surface area contributed by atoms with E-state index in [2.05, 4.69) is 31.0 Å². The van der Waals surface area contributed by atoms with E-state index in [-0.39, 0.29) is 0 Å². The molecule has 1 saturated heterocycles. The highest BCUT2D eigenvalue weighted by atomic mass is 15.4. The second-order valence-electron chi connectivity index (χ2n) is 5.52. The molecule has 0 aromatic carbocycles. The van der Waals surface area contributed by atoms with Crippen molar-refractivity contribution in [1.29, 1.82) is 0 Å². The minimum absolute atomic E-state index is 0.890. The summed E-state index contributed by atoms with van der Waals surface area (Å²) >= 11 is 0. The van der Waals surface area contributed by atoms with Crippen LogP contribution in [0, 0.1) is 0 Å². The SMILES string of the molecule is c1cnn(CCN2CCN(c3ccc4nccn4n3)CC2)c1. The van der Waals surface area contributed by atoms with Crippen molar-refractivity contribution >= 4 is 11.5 Å². The molecule has 114 valence electrons. The minimum atomic E-state index is 0.890. The van der Waals surface area contributed by atoms with E-state index in [9.17, 15) is 0 Å². The Bertz CT molecular complexity index is 725. The maximum Gasteiger partial charge on any atom is 0.153 e. The van der Waals surface area contributed by atoms with Gasteiger partial charge in [-0.1, -0.05) is 0 Å². The largest absolute Gasteiger partial charge is 0.353 e. The molecule has 1 aliphatic heterocycles. The maximum absolute atomic E-state index is 4.62. The summed E-state index contributed by atoms with van der Waals surface area (Å²) in [5.74, 6) is 1.03. The van der Waals surface area contributed by atoms with Gasteiger partial charge in [0.05, 0.1) is 6.54 Å². The first-order valence-electron chi connectivity index (χ1n) is 7.64. The van der Waals surface area contributed by atoms with E-state index in [0.29, 0.717) is 0 Å². The van der Waals surface area contributed by atoms with E-state index in [1.807, 2.05) is 39.9 Å². The standard InChI is InChI=1S/C15H19N7/c1-4-17-21(6-1)13-10-19-8-11-20(12-9-19)15-3-2-14-16-5-7-22(14)18-15/h1-7H,8-13H2. The van der Waals surface area contributed by atoms with Crippen molar-refractivity contribution in [2.24, 2.45) is 0 Å². The second-order valence-corrected chi connectivity index (χ2v) is 5.52. The molecular weight excluding hydrogens is 278 g/mol. The molecule has 0 bridgehead atoms. The first-order valence-corrected chi connectivity index (χ1v) is 7.64. The van der Waals surface area contributed by atoms with E-state index in [4.69, 9.17) is 0 Å². The van der Waals surface area contributed by atoms with Crippen molar-refractivity contribution in [3.8, 4) is 0 Å². The van der Waals surface area contributed by atoms with Gasteiger partial charge in [-0.15, -0.1) is 5.10 Å². The lowest BCUT2D eigenvalue weighted by molar-refractivity contribution is 0.244. The van der Waals surface area contributed by atoms with Gasteiger partial charge in [0.15, 0.2) is 5.65 Å². The van der Waals surface area contributed by atoms with Gasteiger partial charge >= 0.3 is 0 Å². The summed E-state index contributed by atoms with van der Waals surface area (Å²) < 4.78 is 3.82. The monoisotopic (exact) mass is 297 g/mol. The van der Waals surface area contributed by atoms with Crippen LogP contribution in [0.4, 0.5) is 5.82 Å². The number of hydrogen-bond donors (Lipinski definition) is 0. The lowest BCUT2D eigenvalue weighted by atomic mass is 10.3. The molecule has 0 unspecified atom stereocenters. The highest BCUT2D eigenvalue weighted by molar-refractivity contribution is 5.46. The van der Waals surface area contributed by atoms with Gasteiger partial charge < -0.3 is 4.90 Å². The molecule has 7 nitrogen and oxygen atoms in total. The van der Waals surface area contributed by atoms with Gasteiger partial charge in [0.1, 0.15) is 5.82 Å². The van der Waals surface area contributed by atoms with Gasteiger partial charge in [0, 0.05) is 57.5 Å². The summed E-state index contributed by atoms with van der Waals surface area (Å²) in [4.78, 5) is 9.05. The molecule has 3 aromatic rings. The fourth-order valence-electron chi connectivity index (χ4n) is 2.85. The molecule has 7 heteroatoms. The molecule has 1 aliphatic rings. The Morgan fingerprint density at radius 2 is 1.86 bits per heavy atom. The molecular formula is C15H19N7. The number of nitrogens with zero attached hydrogens (tertiary/aromatic N) is 7. The van der Waals surface area contributed by atoms with Crippen molar-refractivity contribution < 1.29 is 0 Å². The van der Waals surface area contributed by atoms with Crippen LogP contribution in [0.25, 0.3) is 5.65 Å². The highest BCUT2D eigenvalue weighted by Crippen LogP contribution is 2.14. The molecule has 0 saturated carbocycles. The molecule has 4 rings (SSSR count). The summed E-state index contributed by atoms with van der Waals surface area (Å²) in [6, 6.07) is 6.05. The Labute approximate surface area is 128 Å². The van der Waals surface area contributed by atoms with Crippen molar-refractivity contribution in [3.05, 3.63) is 43.0 Å². The Morgan fingerprint density at radius 1 is 0.955 bits per heavy atom. The number of imidazole rings is 1. The number of hydrogen-bond acceptors (Lipinski definition) is 5. The van der Waals surface area contributed by atoms with Gasteiger partial charge in [-0.05, 0) is 18.2 Å². The first kappa shape index (κ1) is 13.3. The molecule has 0 spiro atoms. The average molecular weight is 297 g/mol. The normalized spacial score (nSPS) is 16.5. The fraction of sp³-hybridized carbons (Fsp3) is 0.400. The van der Waals surface area contributed by atoms with Crippen molar-refractivity contribution in [3.63, 3.8) is 0 Å². The Balaban J connectivity index is 1.34. The van der Waals surface area contributed by atoms with E-state index < -0.39 is 0 Å². The smallest absolute Gasteiger partial charge is 0.153 e. The molecule has 0 N–H and O–H groups in total. The van der Waals surface area contributed by atoms with Gasteiger partial charge in [0.25, 0.3) is 0 Å². The number of rotatable bonds is 4. The predicted octanol–water partition coefficient (Wildman–Crippen LogP) is 0.748. The van der Waals surface area contributed by atoms with Crippen molar-refractivity contribution in [2.45, 2.75) is 6.54 Å². The van der Waals surface area contributed by atoms with Crippen LogP contribution in [-0.2, 0) is 6.54 Å². The maximum atomic E-state index is 4.62.